The molecule has 2 N–H and O–H groups in total. The summed E-state index contributed by atoms with van der Waals surface area (Å²) in [5.74, 6) is -0.881. The average Bonchev–Trinajstić information content (AvgIpc) is 2.31. The molecule has 0 heterocycles. The van der Waals surface area contributed by atoms with Crippen LogP contribution in [0, 0.1) is 12.7 Å². The molecular formula is C12H15FN2O3. The second-order valence-electron chi connectivity index (χ2n) is 3.57. The van der Waals surface area contributed by atoms with Gasteiger partial charge in [-0.15, -0.1) is 0 Å². The van der Waals surface area contributed by atoms with Crippen LogP contribution in [-0.2, 0) is 9.53 Å². The van der Waals surface area contributed by atoms with Gasteiger partial charge in [-0.05, 0) is 37.6 Å². The van der Waals surface area contributed by atoms with Gasteiger partial charge in [-0.25, -0.2) is 9.18 Å². The Morgan fingerprint density at radius 3 is 2.72 bits per heavy atom. The summed E-state index contributed by atoms with van der Waals surface area (Å²) in [6.07, 6.45) is 0. The van der Waals surface area contributed by atoms with E-state index < -0.39 is 12.0 Å². The number of rotatable bonds is 4. The van der Waals surface area contributed by atoms with E-state index in [2.05, 4.69) is 15.4 Å². The minimum Gasteiger partial charge on any atom is -0.465 e. The fraction of sp³-hybridized carbons (Fsp3) is 0.333. The highest BCUT2D eigenvalue weighted by molar-refractivity contribution is 5.92. The van der Waals surface area contributed by atoms with Crippen molar-refractivity contribution in [2.75, 3.05) is 18.5 Å². The van der Waals surface area contributed by atoms with Crippen molar-refractivity contribution >= 4 is 17.7 Å². The molecule has 0 aliphatic rings. The van der Waals surface area contributed by atoms with E-state index in [0.717, 1.165) is 0 Å². The predicted molar refractivity (Wildman–Crippen MR) is 64.8 cm³/mol. The molecule has 1 aromatic rings. The van der Waals surface area contributed by atoms with Gasteiger partial charge in [0, 0.05) is 5.69 Å². The average molecular weight is 254 g/mol. The van der Waals surface area contributed by atoms with Crippen molar-refractivity contribution in [1.82, 2.24) is 5.32 Å². The topological polar surface area (TPSA) is 67.4 Å². The number of esters is 1. The van der Waals surface area contributed by atoms with E-state index in [1.54, 1.807) is 13.8 Å². The molecule has 0 fully saturated rings. The second-order valence-corrected chi connectivity index (χ2v) is 3.57. The van der Waals surface area contributed by atoms with Gasteiger partial charge >= 0.3 is 12.0 Å². The zero-order chi connectivity index (χ0) is 13.5. The van der Waals surface area contributed by atoms with Crippen molar-refractivity contribution in [3.8, 4) is 0 Å². The molecule has 0 atom stereocenters. The Kier molecular flexibility index (Phi) is 5.10. The first-order chi connectivity index (χ1) is 8.52. The monoisotopic (exact) mass is 254 g/mol. The summed E-state index contributed by atoms with van der Waals surface area (Å²) in [6.45, 7) is 3.41. The minimum absolute atomic E-state index is 0.208. The van der Waals surface area contributed by atoms with Gasteiger partial charge in [0.05, 0.1) is 6.61 Å². The number of carbonyl (C=O) groups is 2. The SMILES string of the molecule is CCOC(=O)CNC(=O)Nc1ccc(F)cc1C. The Hall–Kier alpha value is -2.11. The minimum atomic E-state index is -0.544. The van der Waals surface area contributed by atoms with Crippen molar-refractivity contribution in [1.29, 1.82) is 0 Å². The molecule has 0 saturated heterocycles. The van der Waals surface area contributed by atoms with Crippen LogP contribution in [0.4, 0.5) is 14.9 Å². The van der Waals surface area contributed by atoms with Gasteiger partial charge in [-0.3, -0.25) is 4.79 Å². The van der Waals surface area contributed by atoms with Crippen LogP contribution in [0.2, 0.25) is 0 Å². The molecule has 0 bridgehead atoms. The third-order valence-corrected chi connectivity index (χ3v) is 2.14. The smallest absolute Gasteiger partial charge is 0.325 e. The normalized spacial score (nSPS) is 9.72. The van der Waals surface area contributed by atoms with Gasteiger partial charge in [-0.2, -0.15) is 0 Å². The number of hydrogen-bond donors (Lipinski definition) is 2. The van der Waals surface area contributed by atoms with Crippen LogP contribution in [0.5, 0.6) is 0 Å². The molecule has 0 spiro atoms. The molecule has 0 saturated carbocycles. The predicted octanol–water partition coefficient (Wildman–Crippen LogP) is 1.82. The van der Waals surface area contributed by atoms with Crippen LogP contribution in [0.25, 0.3) is 0 Å². The second kappa shape index (κ2) is 6.58. The zero-order valence-electron chi connectivity index (χ0n) is 10.2. The van der Waals surface area contributed by atoms with E-state index in [-0.39, 0.29) is 19.0 Å². The standard InChI is InChI=1S/C12H15FN2O3/c1-3-18-11(16)7-14-12(17)15-10-5-4-9(13)6-8(10)2/h4-6H,3,7H2,1-2H3,(H2,14,15,17). The number of amides is 2. The van der Waals surface area contributed by atoms with Gasteiger partial charge in [0.15, 0.2) is 0 Å². The number of benzene rings is 1. The maximum absolute atomic E-state index is 12.8. The summed E-state index contributed by atoms with van der Waals surface area (Å²) in [7, 11) is 0. The fourth-order valence-electron chi connectivity index (χ4n) is 1.30. The molecule has 6 heteroatoms. The Labute approximate surface area is 104 Å². The Balaban J connectivity index is 2.47. The van der Waals surface area contributed by atoms with Crippen molar-refractivity contribution in [2.45, 2.75) is 13.8 Å². The highest BCUT2D eigenvalue weighted by atomic mass is 19.1. The van der Waals surface area contributed by atoms with E-state index in [9.17, 15) is 14.0 Å². The summed E-state index contributed by atoms with van der Waals surface area (Å²) < 4.78 is 17.5. The van der Waals surface area contributed by atoms with Crippen molar-refractivity contribution < 1.29 is 18.7 Å². The van der Waals surface area contributed by atoms with Gasteiger partial charge in [0.2, 0.25) is 0 Å². The number of aryl methyl sites for hydroxylation is 1. The van der Waals surface area contributed by atoms with Crippen LogP contribution in [-0.4, -0.2) is 25.2 Å². The lowest BCUT2D eigenvalue weighted by molar-refractivity contribution is -0.141. The highest BCUT2D eigenvalue weighted by Crippen LogP contribution is 2.15. The molecule has 0 aliphatic carbocycles. The maximum Gasteiger partial charge on any atom is 0.325 e. The number of nitrogens with one attached hydrogen (secondary N) is 2. The first kappa shape index (κ1) is 14.0. The lowest BCUT2D eigenvalue weighted by atomic mass is 10.2. The van der Waals surface area contributed by atoms with E-state index >= 15 is 0 Å². The van der Waals surface area contributed by atoms with E-state index in [4.69, 9.17) is 0 Å². The third-order valence-electron chi connectivity index (χ3n) is 2.14. The lowest BCUT2D eigenvalue weighted by Crippen LogP contribution is -2.34. The van der Waals surface area contributed by atoms with Gasteiger partial charge in [0.25, 0.3) is 0 Å². The summed E-state index contributed by atoms with van der Waals surface area (Å²) >= 11 is 0. The number of hydrogen-bond acceptors (Lipinski definition) is 3. The quantitative estimate of drug-likeness (QED) is 0.805. The number of halogens is 1. The molecule has 98 valence electrons. The largest absolute Gasteiger partial charge is 0.465 e. The molecule has 1 aromatic carbocycles. The Morgan fingerprint density at radius 1 is 1.39 bits per heavy atom. The van der Waals surface area contributed by atoms with Crippen LogP contribution >= 0.6 is 0 Å². The van der Waals surface area contributed by atoms with E-state index in [1.807, 2.05) is 0 Å². The molecule has 18 heavy (non-hydrogen) atoms. The Bertz CT molecular complexity index is 449. The number of carbonyl (C=O) groups excluding carboxylic acids is 2. The molecule has 0 aromatic heterocycles. The number of urea groups is 1. The summed E-state index contributed by atoms with van der Waals surface area (Å²) in [5.41, 5.74) is 1.08. The van der Waals surface area contributed by atoms with Crippen LogP contribution in [0.1, 0.15) is 12.5 Å². The third kappa shape index (κ3) is 4.40. The molecule has 0 radical (unpaired) electrons. The molecule has 0 unspecified atom stereocenters. The first-order valence-electron chi connectivity index (χ1n) is 5.49. The summed E-state index contributed by atoms with van der Waals surface area (Å²) in [6, 6.07) is 3.46. The van der Waals surface area contributed by atoms with Crippen LogP contribution in [0.15, 0.2) is 18.2 Å². The maximum atomic E-state index is 12.8. The van der Waals surface area contributed by atoms with Gasteiger partial charge in [-0.1, -0.05) is 0 Å². The zero-order valence-corrected chi connectivity index (χ0v) is 10.2. The molecule has 5 nitrogen and oxygen atoms in total. The lowest BCUT2D eigenvalue weighted by Gasteiger charge is -2.09. The first-order valence-corrected chi connectivity index (χ1v) is 5.49. The molecular weight excluding hydrogens is 239 g/mol. The van der Waals surface area contributed by atoms with E-state index in [1.165, 1.54) is 18.2 Å². The van der Waals surface area contributed by atoms with Crippen molar-refractivity contribution in [2.24, 2.45) is 0 Å². The van der Waals surface area contributed by atoms with E-state index in [0.29, 0.717) is 11.3 Å². The van der Waals surface area contributed by atoms with Gasteiger partial charge in [0.1, 0.15) is 12.4 Å². The molecule has 2 amide bonds. The fourth-order valence-corrected chi connectivity index (χ4v) is 1.30. The van der Waals surface area contributed by atoms with Crippen molar-refractivity contribution in [3.63, 3.8) is 0 Å². The molecule has 1 rings (SSSR count). The Morgan fingerprint density at radius 2 is 2.11 bits per heavy atom. The number of ether oxygens (including phenoxy) is 1. The summed E-state index contributed by atoms with van der Waals surface area (Å²) in [4.78, 5) is 22.4. The van der Waals surface area contributed by atoms with Crippen LogP contribution in [0.3, 0.4) is 0 Å². The number of anilines is 1. The van der Waals surface area contributed by atoms with Crippen LogP contribution < -0.4 is 10.6 Å². The molecule has 0 aliphatic heterocycles. The summed E-state index contributed by atoms with van der Waals surface area (Å²) in [5, 5.41) is 4.85. The van der Waals surface area contributed by atoms with Crippen molar-refractivity contribution in [3.05, 3.63) is 29.6 Å². The van der Waals surface area contributed by atoms with Gasteiger partial charge < -0.3 is 15.4 Å². The highest BCUT2D eigenvalue weighted by Gasteiger charge is 2.07.